The molecule has 2 unspecified atom stereocenters. The molecular formula is C14H20FNO. The van der Waals surface area contributed by atoms with Crippen LogP contribution in [0.4, 0.5) is 4.39 Å². The largest absolute Gasteiger partial charge is 0.494 e. The number of piperidine rings is 1. The Hall–Kier alpha value is -1.09. The molecule has 1 aliphatic rings. The lowest BCUT2D eigenvalue weighted by molar-refractivity contribution is 0.318. The van der Waals surface area contributed by atoms with Crippen LogP contribution in [0.5, 0.6) is 5.75 Å². The highest BCUT2D eigenvalue weighted by Crippen LogP contribution is 2.21. The number of nitrogens with one attached hydrogen (secondary N) is 1. The van der Waals surface area contributed by atoms with E-state index >= 15 is 0 Å². The first-order valence-corrected chi connectivity index (χ1v) is 6.25. The molecule has 1 aromatic rings. The Kier molecular flexibility index (Phi) is 4.00. The third-order valence-electron chi connectivity index (χ3n) is 3.46. The number of hydrogen-bond acceptors (Lipinski definition) is 2. The highest BCUT2D eigenvalue weighted by atomic mass is 19.1. The molecule has 17 heavy (non-hydrogen) atoms. The highest BCUT2D eigenvalue weighted by Gasteiger charge is 2.18. The minimum atomic E-state index is -0.270. The summed E-state index contributed by atoms with van der Waals surface area (Å²) in [5.41, 5.74) is 1.04. The lowest BCUT2D eigenvalue weighted by Crippen LogP contribution is -2.38. The van der Waals surface area contributed by atoms with Crippen molar-refractivity contribution in [2.45, 2.75) is 32.2 Å². The molecule has 0 aliphatic carbocycles. The van der Waals surface area contributed by atoms with Crippen molar-refractivity contribution in [3.8, 4) is 5.75 Å². The summed E-state index contributed by atoms with van der Waals surface area (Å²) in [4.78, 5) is 0. The zero-order valence-electron chi connectivity index (χ0n) is 10.5. The van der Waals surface area contributed by atoms with Gasteiger partial charge in [-0.05, 0) is 49.4 Å². The van der Waals surface area contributed by atoms with Gasteiger partial charge in [0.05, 0.1) is 7.11 Å². The van der Waals surface area contributed by atoms with E-state index in [4.69, 9.17) is 4.74 Å². The van der Waals surface area contributed by atoms with Crippen LogP contribution in [0.3, 0.4) is 0 Å². The van der Waals surface area contributed by atoms with Crippen molar-refractivity contribution in [2.24, 2.45) is 5.92 Å². The van der Waals surface area contributed by atoms with Crippen LogP contribution in [0.15, 0.2) is 18.2 Å². The SMILES string of the molecule is COc1ccc(CC2CC(C)CCN2)cc1F. The fraction of sp³-hybridized carbons (Fsp3) is 0.571. The minimum absolute atomic E-state index is 0.270. The lowest BCUT2D eigenvalue weighted by Gasteiger charge is -2.28. The van der Waals surface area contributed by atoms with Crippen LogP contribution in [0.1, 0.15) is 25.3 Å². The van der Waals surface area contributed by atoms with Crippen LogP contribution in [-0.2, 0) is 6.42 Å². The molecular weight excluding hydrogens is 217 g/mol. The zero-order valence-corrected chi connectivity index (χ0v) is 10.5. The van der Waals surface area contributed by atoms with E-state index in [1.807, 2.05) is 6.07 Å². The molecule has 1 N–H and O–H groups in total. The molecule has 2 nitrogen and oxygen atoms in total. The Morgan fingerprint density at radius 3 is 2.94 bits per heavy atom. The van der Waals surface area contributed by atoms with Gasteiger partial charge in [-0.15, -0.1) is 0 Å². The van der Waals surface area contributed by atoms with Gasteiger partial charge in [-0.3, -0.25) is 0 Å². The monoisotopic (exact) mass is 237 g/mol. The van der Waals surface area contributed by atoms with Crippen molar-refractivity contribution >= 4 is 0 Å². The van der Waals surface area contributed by atoms with Crippen molar-refractivity contribution in [2.75, 3.05) is 13.7 Å². The van der Waals surface area contributed by atoms with Crippen molar-refractivity contribution < 1.29 is 9.13 Å². The first-order chi connectivity index (χ1) is 8.19. The number of benzene rings is 1. The Balaban J connectivity index is 2.00. The molecule has 1 heterocycles. The van der Waals surface area contributed by atoms with Gasteiger partial charge in [0.25, 0.3) is 0 Å². The number of ether oxygens (including phenoxy) is 1. The van der Waals surface area contributed by atoms with E-state index in [0.717, 1.165) is 24.4 Å². The fourth-order valence-corrected chi connectivity index (χ4v) is 2.50. The van der Waals surface area contributed by atoms with Crippen LogP contribution in [-0.4, -0.2) is 19.7 Å². The average Bonchev–Trinajstić information content (AvgIpc) is 2.29. The standard InChI is InChI=1S/C14H20FNO/c1-10-5-6-16-12(7-10)8-11-3-4-14(17-2)13(15)9-11/h3-4,9-10,12,16H,5-8H2,1-2H3. The van der Waals surface area contributed by atoms with Crippen LogP contribution in [0.2, 0.25) is 0 Å². The molecule has 1 aliphatic heterocycles. The van der Waals surface area contributed by atoms with E-state index in [0.29, 0.717) is 11.8 Å². The van der Waals surface area contributed by atoms with Crippen LogP contribution >= 0.6 is 0 Å². The van der Waals surface area contributed by atoms with Gasteiger partial charge in [0.1, 0.15) is 0 Å². The average molecular weight is 237 g/mol. The Bertz CT molecular complexity index is 380. The minimum Gasteiger partial charge on any atom is -0.494 e. The second-order valence-corrected chi connectivity index (χ2v) is 4.95. The molecule has 0 aromatic heterocycles. The molecule has 1 saturated heterocycles. The van der Waals surface area contributed by atoms with Gasteiger partial charge in [-0.25, -0.2) is 4.39 Å². The van der Waals surface area contributed by atoms with Crippen molar-refractivity contribution in [3.05, 3.63) is 29.6 Å². The Morgan fingerprint density at radius 1 is 1.47 bits per heavy atom. The first-order valence-electron chi connectivity index (χ1n) is 6.25. The van der Waals surface area contributed by atoms with Crippen molar-refractivity contribution in [3.63, 3.8) is 0 Å². The molecule has 2 atom stereocenters. The molecule has 94 valence electrons. The molecule has 1 aromatic carbocycles. The van der Waals surface area contributed by atoms with Gasteiger partial charge in [0.2, 0.25) is 0 Å². The maximum absolute atomic E-state index is 13.5. The van der Waals surface area contributed by atoms with E-state index in [1.165, 1.54) is 20.0 Å². The smallest absolute Gasteiger partial charge is 0.165 e. The number of rotatable bonds is 3. The fourth-order valence-electron chi connectivity index (χ4n) is 2.50. The third-order valence-corrected chi connectivity index (χ3v) is 3.46. The molecule has 0 saturated carbocycles. The summed E-state index contributed by atoms with van der Waals surface area (Å²) in [7, 11) is 1.49. The summed E-state index contributed by atoms with van der Waals surface area (Å²) in [5.74, 6) is 0.817. The number of hydrogen-bond donors (Lipinski definition) is 1. The summed E-state index contributed by atoms with van der Waals surface area (Å²) >= 11 is 0. The molecule has 3 heteroatoms. The van der Waals surface area contributed by atoms with Gasteiger partial charge in [-0.2, -0.15) is 0 Å². The van der Waals surface area contributed by atoms with Gasteiger partial charge in [0.15, 0.2) is 11.6 Å². The quantitative estimate of drug-likeness (QED) is 0.872. The van der Waals surface area contributed by atoms with Crippen LogP contribution in [0, 0.1) is 11.7 Å². The third kappa shape index (κ3) is 3.19. The van der Waals surface area contributed by atoms with Gasteiger partial charge in [0, 0.05) is 6.04 Å². The maximum Gasteiger partial charge on any atom is 0.165 e. The van der Waals surface area contributed by atoms with Crippen molar-refractivity contribution in [1.29, 1.82) is 0 Å². The molecule has 2 rings (SSSR count). The van der Waals surface area contributed by atoms with Crippen LogP contribution < -0.4 is 10.1 Å². The summed E-state index contributed by atoms with van der Waals surface area (Å²) < 4.78 is 18.5. The molecule has 0 radical (unpaired) electrons. The number of methoxy groups -OCH3 is 1. The van der Waals surface area contributed by atoms with Gasteiger partial charge < -0.3 is 10.1 Å². The lowest BCUT2D eigenvalue weighted by atomic mass is 9.90. The number of halogens is 1. The van der Waals surface area contributed by atoms with Gasteiger partial charge in [-0.1, -0.05) is 13.0 Å². The van der Waals surface area contributed by atoms with Gasteiger partial charge >= 0.3 is 0 Å². The second-order valence-electron chi connectivity index (χ2n) is 4.95. The highest BCUT2D eigenvalue weighted by molar-refractivity contribution is 5.29. The summed E-state index contributed by atoms with van der Waals surface area (Å²) in [6.45, 7) is 3.35. The Morgan fingerprint density at radius 2 is 2.29 bits per heavy atom. The predicted molar refractivity (Wildman–Crippen MR) is 66.8 cm³/mol. The summed E-state index contributed by atoms with van der Waals surface area (Å²) in [6, 6.07) is 5.71. The van der Waals surface area contributed by atoms with E-state index < -0.39 is 0 Å². The first kappa shape index (κ1) is 12.4. The van der Waals surface area contributed by atoms with Crippen molar-refractivity contribution in [1.82, 2.24) is 5.32 Å². The zero-order chi connectivity index (χ0) is 12.3. The van der Waals surface area contributed by atoms with E-state index in [2.05, 4.69) is 12.2 Å². The summed E-state index contributed by atoms with van der Waals surface area (Å²) in [5, 5.41) is 3.49. The van der Waals surface area contributed by atoms with E-state index in [-0.39, 0.29) is 5.82 Å². The molecule has 0 spiro atoms. The second kappa shape index (κ2) is 5.50. The normalized spacial score (nSPS) is 24.6. The molecule has 0 amide bonds. The Labute approximate surface area is 102 Å². The predicted octanol–water partition coefficient (Wildman–Crippen LogP) is 2.76. The van der Waals surface area contributed by atoms with Crippen LogP contribution in [0.25, 0.3) is 0 Å². The summed E-state index contributed by atoms with van der Waals surface area (Å²) in [6.07, 6.45) is 3.31. The van der Waals surface area contributed by atoms with E-state index in [1.54, 1.807) is 12.1 Å². The molecule has 1 fully saturated rings. The topological polar surface area (TPSA) is 21.3 Å². The maximum atomic E-state index is 13.5. The van der Waals surface area contributed by atoms with E-state index in [9.17, 15) is 4.39 Å². The molecule has 0 bridgehead atoms.